The summed E-state index contributed by atoms with van der Waals surface area (Å²) in [5.74, 6) is 1.30. The van der Waals surface area contributed by atoms with Crippen molar-refractivity contribution in [3.8, 4) is 12.3 Å². The minimum absolute atomic E-state index is 0.106. The Labute approximate surface area is 103 Å². The lowest BCUT2D eigenvalue weighted by Gasteiger charge is -2.11. The number of carboxylic acids is 1. The van der Waals surface area contributed by atoms with Gasteiger partial charge in [0.2, 0.25) is 0 Å². The van der Waals surface area contributed by atoms with Crippen LogP contribution < -0.4 is 5.32 Å². The Morgan fingerprint density at radius 3 is 2.94 bits per heavy atom. The number of nitrogens with zero attached hydrogens (tertiary/aromatic N) is 2. The maximum absolute atomic E-state index is 10.9. The molecule has 0 amide bonds. The zero-order chi connectivity index (χ0) is 13.7. The molecule has 1 aromatic heterocycles. The largest absolute Gasteiger partial charge is 0.477 e. The van der Waals surface area contributed by atoms with E-state index in [-0.39, 0.29) is 11.9 Å². The van der Waals surface area contributed by atoms with Crippen molar-refractivity contribution in [2.45, 2.75) is 19.4 Å². The topological polar surface area (TPSA) is 105 Å². The SMILES string of the molecule is C#CCC(C)Nc1cc(C(=O)O)c([N+](=O)[O-])cn1. The standard InChI is InChI=1S/C11H11N3O4/c1-3-4-7(2)13-10-5-8(11(15)16)9(6-12-10)14(17)18/h1,5-7H,4H2,2H3,(H,12,13)(H,15,16). The molecule has 0 aromatic carbocycles. The minimum atomic E-state index is -1.38. The van der Waals surface area contributed by atoms with Crippen LogP contribution in [-0.4, -0.2) is 27.0 Å². The average molecular weight is 249 g/mol. The quantitative estimate of drug-likeness (QED) is 0.465. The van der Waals surface area contributed by atoms with Gasteiger partial charge in [-0.15, -0.1) is 12.3 Å². The second-order valence-electron chi connectivity index (χ2n) is 3.60. The van der Waals surface area contributed by atoms with Crippen LogP contribution in [0.3, 0.4) is 0 Å². The van der Waals surface area contributed by atoms with Crippen LogP contribution in [0.2, 0.25) is 0 Å². The number of carbonyl (C=O) groups is 1. The summed E-state index contributed by atoms with van der Waals surface area (Å²) < 4.78 is 0. The molecule has 1 unspecified atom stereocenters. The molecule has 0 aliphatic rings. The van der Waals surface area contributed by atoms with Crippen LogP contribution in [0.15, 0.2) is 12.3 Å². The second-order valence-corrected chi connectivity index (χ2v) is 3.60. The van der Waals surface area contributed by atoms with Gasteiger partial charge in [0.15, 0.2) is 0 Å². The number of rotatable bonds is 5. The van der Waals surface area contributed by atoms with Crippen LogP contribution in [-0.2, 0) is 0 Å². The van der Waals surface area contributed by atoms with Gasteiger partial charge in [-0.2, -0.15) is 0 Å². The summed E-state index contributed by atoms with van der Waals surface area (Å²) in [5, 5.41) is 22.4. The van der Waals surface area contributed by atoms with Crippen molar-refractivity contribution in [1.29, 1.82) is 0 Å². The van der Waals surface area contributed by atoms with E-state index in [2.05, 4.69) is 16.2 Å². The smallest absolute Gasteiger partial charge is 0.342 e. The number of hydrogen-bond acceptors (Lipinski definition) is 5. The number of nitro groups is 1. The van der Waals surface area contributed by atoms with Crippen molar-refractivity contribution in [3.05, 3.63) is 27.9 Å². The number of aromatic carboxylic acids is 1. The van der Waals surface area contributed by atoms with Gasteiger partial charge in [-0.05, 0) is 6.92 Å². The van der Waals surface area contributed by atoms with E-state index in [1.54, 1.807) is 6.92 Å². The third-order valence-corrected chi connectivity index (χ3v) is 2.13. The van der Waals surface area contributed by atoms with Crippen molar-refractivity contribution in [1.82, 2.24) is 4.98 Å². The number of terminal acetylenes is 1. The Kier molecular flexibility index (Phi) is 4.21. The van der Waals surface area contributed by atoms with Crippen molar-refractivity contribution < 1.29 is 14.8 Å². The summed E-state index contributed by atoms with van der Waals surface area (Å²) in [4.78, 5) is 24.5. The zero-order valence-corrected chi connectivity index (χ0v) is 9.58. The highest BCUT2D eigenvalue weighted by Crippen LogP contribution is 2.20. The normalized spacial score (nSPS) is 11.3. The highest BCUT2D eigenvalue weighted by molar-refractivity contribution is 5.93. The molecule has 0 spiro atoms. The van der Waals surface area contributed by atoms with Crippen molar-refractivity contribution >= 4 is 17.5 Å². The van der Waals surface area contributed by atoms with Crippen LogP contribution in [0.25, 0.3) is 0 Å². The molecular formula is C11H11N3O4. The summed E-state index contributed by atoms with van der Waals surface area (Å²) in [6, 6.07) is 1.01. The lowest BCUT2D eigenvalue weighted by atomic mass is 10.2. The van der Waals surface area contributed by atoms with E-state index < -0.39 is 22.1 Å². The van der Waals surface area contributed by atoms with E-state index in [0.717, 1.165) is 12.3 Å². The van der Waals surface area contributed by atoms with Gasteiger partial charge in [0.1, 0.15) is 17.6 Å². The first-order chi connectivity index (χ1) is 8.45. The summed E-state index contributed by atoms with van der Waals surface area (Å²) in [5.41, 5.74) is -0.955. The molecule has 0 aliphatic carbocycles. The number of aromatic nitrogens is 1. The van der Waals surface area contributed by atoms with E-state index in [0.29, 0.717) is 6.42 Å². The van der Waals surface area contributed by atoms with Gasteiger partial charge in [-0.25, -0.2) is 9.78 Å². The van der Waals surface area contributed by atoms with Crippen LogP contribution in [0.5, 0.6) is 0 Å². The molecule has 18 heavy (non-hydrogen) atoms. The van der Waals surface area contributed by atoms with Gasteiger partial charge in [0.25, 0.3) is 0 Å². The summed E-state index contributed by atoms with van der Waals surface area (Å²) >= 11 is 0. The van der Waals surface area contributed by atoms with E-state index in [9.17, 15) is 14.9 Å². The van der Waals surface area contributed by atoms with Crippen molar-refractivity contribution in [3.63, 3.8) is 0 Å². The lowest BCUT2D eigenvalue weighted by Crippen LogP contribution is -2.16. The zero-order valence-electron chi connectivity index (χ0n) is 9.58. The third-order valence-electron chi connectivity index (χ3n) is 2.13. The first-order valence-corrected chi connectivity index (χ1v) is 5.03. The molecular weight excluding hydrogens is 238 g/mol. The van der Waals surface area contributed by atoms with E-state index >= 15 is 0 Å². The van der Waals surface area contributed by atoms with Crippen LogP contribution in [0.1, 0.15) is 23.7 Å². The fourth-order valence-corrected chi connectivity index (χ4v) is 1.32. The van der Waals surface area contributed by atoms with Crippen LogP contribution in [0, 0.1) is 22.5 Å². The van der Waals surface area contributed by atoms with Gasteiger partial charge in [-0.3, -0.25) is 10.1 Å². The molecule has 1 heterocycles. The Hall–Kier alpha value is -2.62. The first kappa shape index (κ1) is 13.4. The molecule has 1 aromatic rings. The molecule has 0 bridgehead atoms. The van der Waals surface area contributed by atoms with Crippen LogP contribution in [0.4, 0.5) is 11.5 Å². The van der Waals surface area contributed by atoms with Gasteiger partial charge in [0.05, 0.1) is 4.92 Å². The number of pyridine rings is 1. The van der Waals surface area contributed by atoms with Gasteiger partial charge in [-0.1, -0.05) is 0 Å². The maximum Gasteiger partial charge on any atom is 0.342 e. The Morgan fingerprint density at radius 2 is 2.44 bits per heavy atom. The first-order valence-electron chi connectivity index (χ1n) is 5.03. The number of anilines is 1. The van der Waals surface area contributed by atoms with Gasteiger partial charge in [0, 0.05) is 18.5 Å². The van der Waals surface area contributed by atoms with Crippen molar-refractivity contribution in [2.75, 3.05) is 5.32 Å². The second kappa shape index (κ2) is 5.63. The number of hydrogen-bond donors (Lipinski definition) is 2. The van der Waals surface area contributed by atoms with E-state index in [4.69, 9.17) is 11.5 Å². The molecule has 94 valence electrons. The molecule has 0 aliphatic heterocycles. The molecule has 0 saturated heterocycles. The highest BCUT2D eigenvalue weighted by atomic mass is 16.6. The molecule has 0 radical (unpaired) electrons. The molecule has 1 atom stereocenters. The Balaban J connectivity index is 3.05. The van der Waals surface area contributed by atoms with Crippen molar-refractivity contribution in [2.24, 2.45) is 0 Å². The van der Waals surface area contributed by atoms with Gasteiger partial charge >= 0.3 is 11.7 Å². The molecule has 0 fully saturated rings. The van der Waals surface area contributed by atoms with E-state index in [1.165, 1.54) is 0 Å². The minimum Gasteiger partial charge on any atom is -0.477 e. The third kappa shape index (κ3) is 3.18. The summed E-state index contributed by atoms with van der Waals surface area (Å²) in [7, 11) is 0. The number of carboxylic acid groups (broad SMARTS) is 1. The average Bonchev–Trinajstić information content (AvgIpc) is 2.28. The van der Waals surface area contributed by atoms with Gasteiger partial charge < -0.3 is 10.4 Å². The molecule has 0 saturated carbocycles. The van der Waals surface area contributed by atoms with E-state index in [1.807, 2.05) is 0 Å². The fraction of sp³-hybridized carbons (Fsp3) is 0.273. The number of nitrogens with one attached hydrogen (secondary N) is 1. The predicted molar refractivity (Wildman–Crippen MR) is 64.4 cm³/mol. The predicted octanol–water partition coefficient (Wildman–Crippen LogP) is 1.51. The highest BCUT2D eigenvalue weighted by Gasteiger charge is 2.21. The lowest BCUT2D eigenvalue weighted by molar-refractivity contribution is -0.385. The molecule has 7 heteroatoms. The van der Waals surface area contributed by atoms with Crippen LogP contribution >= 0.6 is 0 Å². The summed E-state index contributed by atoms with van der Waals surface area (Å²) in [6.45, 7) is 1.80. The Morgan fingerprint density at radius 1 is 1.78 bits per heavy atom. The monoisotopic (exact) mass is 249 g/mol. The Bertz CT molecular complexity index is 522. The fourth-order valence-electron chi connectivity index (χ4n) is 1.32. The molecule has 1 rings (SSSR count). The molecule has 2 N–H and O–H groups in total. The summed E-state index contributed by atoms with van der Waals surface area (Å²) in [6.07, 6.45) is 6.47. The molecule has 7 nitrogen and oxygen atoms in total. The maximum atomic E-state index is 10.9.